The van der Waals surface area contributed by atoms with Gasteiger partial charge in [-0.05, 0) is 44.2 Å². The molecule has 0 fully saturated rings. The van der Waals surface area contributed by atoms with Crippen LogP contribution in [0.25, 0.3) is 10.2 Å². The lowest BCUT2D eigenvalue weighted by Crippen LogP contribution is -2.58. The van der Waals surface area contributed by atoms with Crippen molar-refractivity contribution in [2.24, 2.45) is 11.5 Å². The maximum Gasteiger partial charge on any atom is 0.303 e. The molecule has 1 aromatic carbocycles. The van der Waals surface area contributed by atoms with Gasteiger partial charge in [0.15, 0.2) is 16.9 Å². The highest BCUT2D eigenvalue weighted by Gasteiger charge is 2.32. The Morgan fingerprint density at radius 2 is 1.33 bits per heavy atom. The van der Waals surface area contributed by atoms with Crippen LogP contribution in [-0.4, -0.2) is 100 Å². The van der Waals surface area contributed by atoms with Crippen LogP contribution in [0.1, 0.15) is 55.3 Å². The van der Waals surface area contributed by atoms with Gasteiger partial charge >= 0.3 is 5.97 Å². The van der Waals surface area contributed by atoms with Crippen molar-refractivity contribution < 1.29 is 33.9 Å². The van der Waals surface area contributed by atoms with Crippen LogP contribution < -0.4 is 43.4 Å². The molecule has 4 amide bonds. The van der Waals surface area contributed by atoms with E-state index < -0.39 is 66.0 Å². The summed E-state index contributed by atoms with van der Waals surface area (Å²) in [6.45, 7) is 1.68. The zero-order valence-electron chi connectivity index (χ0n) is 26.8. The van der Waals surface area contributed by atoms with Gasteiger partial charge in [-0.3, -0.25) is 39.6 Å². The number of thiol groups is 1. The normalized spacial score (nSPS) is 13.2. The van der Waals surface area contributed by atoms with Gasteiger partial charge in [-0.25, -0.2) is 4.98 Å². The first-order chi connectivity index (χ1) is 23.2. The highest BCUT2D eigenvalue weighted by molar-refractivity contribution is 7.80. The van der Waals surface area contributed by atoms with Crippen LogP contribution in [0, 0.1) is 10.8 Å². The monoisotopic (exact) mass is 721 g/mol. The summed E-state index contributed by atoms with van der Waals surface area (Å²) in [4.78, 5) is 81.0. The van der Waals surface area contributed by atoms with Crippen molar-refractivity contribution in [3.63, 3.8) is 0 Å². The number of fused-ring (bicyclic) bond motifs is 1. The summed E-state index contributed by atoms with van der Waals surface area (Å²) in [5, 5.41) is 39.3. The number of nitrogens with zero attached hydrogens (tertiary/aromatic N) is 1. The predicted molar refractivity (Wildman–Crippen MR) is 186 cm³/mol. The number of nitrogens with one attached hydrogen (secondary N) is 8. The molecule has 0 aliphatic carbocycles. The summed E-state index contributed by atoms with van der Waals surface area (Å²) < 4.78 is 0.776. The van der Waals surface area contributed by atoms with E-state index in [1.54, 1.807) is 12.1 Å². The van der Waals surface area contributed by atoms with Crippen LogP contribution in [0.3, 0.4) is 0 Å². The molecule has 0 radical (unpaired) electrons. The Labute approximate surface area is 291 Å². The van der Waals surface area contributed by atoms with Gasteiger partial charge in [0.05, 0.1) is 16.3 Å². The van der Waals surface area contributed by atoms with E-state index in [0.717, 1.165) is 16.0 Å². The van der Waals surface area contributed by atoms with Gasteiger partial charge in [0.25, 0.3) is 0 Å². The molecule has 20 heteroatoms. The van der Waals surface area contributed by atoms with Crippen LogP contribution in [0.15, 0.2) is 24.3 Å². The van der Waals surface area contributed by atoms with Gasteiger partial charge in [0, 0.05) is 32.2 Å². The lowest BCUT2D eigenvalue weighted by molar-refractivity contribution is -0.138. The molecule has 4 atom stereocenters. The molecule has 18 nitrogen and oxygen atoms in total. The minimum absolute atomic E-state index is 0.104. The van der Waals surface area contributed by atoms with E-state index in [9.17, 15) is 33.9 Å². The lowest BCUT2D eigenvalue weighted by atomic mass is 10.1. The van der Waals surface area contributed by atoms with Crippen LogP contribution >= 0.6 is 24.0 Å². The average molecular weight is 722 g/mol. The standard InChI is InChI=1S/C29H43N11O7S2/c1-15(41)36-18(8-5-13-35-29(32)33)24(45)38-19(10-11-22(42)43)25(46)39-20(14-48)26(47)37-17(7-4-12-34-28(30)31)23(44)27-40-16-6-2-3-9-21(16)49-27/h2-3,6,9,17-20,48H,4-5,7-8,10-14H2,1H3,(H,36,41)(H,37,47)(H,38,45)(H,39,46)(H,42,43)(H4,30,31,34)(H4,32,33,35)/t17-,18-,19-,20-/m0/s1. The van der Waals surface area contributed by atoms with Crippen LogP contribution in [0.2, 0.25) is 0 Å². The number of benzene rings is 1. The van der Waals surface area contributed by atoms with E-state index in [4.69, 9.17) is 22.3 Å². The molecule has 49 heavy (non-hydrogen) atoms. The minimum Gasteiger partial charge on any atom is -0.481 e. The summed E-state index contributed by atoms with van der Waals surface area (Å²) in [7, 11) is 0. The van der Waals surface area contributed by atoms with Gasteiger partial charge < -0.3 is 48.5 Å². The molecule has 0 unspecified atom stereocenters. The van der Waals surface area contributed by atoms with E-state index in [0.29, 0.717) is 18.4 Å². The maximum absolute atomic E-state index is 13.5. The first-order valence-corrected chi connectivity index (χ1v) is 16.7. The van der Waals surface area contributed by atoms with E-state index in [-0.39, 0.29) is 55.0 Å². The molecular weight excluding hydrogens is 679 g/mol. The number of carbonyl (C=O) groups excluding carboxylic acids is 5. The molecule has 13 N–H and O–H groups in total. The zero-order valence-corrected chi connectivity index (χ0v) is 28.5. The molecule has 0 aliphatic heterocycles. The number of aromatic nitrogens is 1. The molecule has 0 saturated carbocycles. The molecule has 1 aromatic heterocycles. The number of aliphatic carboxylic acids is 1. The fourth-order valence-corrected chi connectivity index (χ4v) is 5.73. The highest BCUT2D eigenvalue weighted by Crippen LogP contribution is 2.23. The van der Waals surface area contributed by atoms with Crippen molar-refractivity contribution in [1.29, 1.82) is 10.8 Å². The number of ketones is 1. The third-order valence-corrected chi connectivity index (χ3v) is 8.31. The number of nitrogens with two attached hydrogens (primary N) is 2. The predicted octanol–water partition coefficient (Wildman–Crippen LogP) is -1.24. The molecule has 0 bridgehead atoms. The average Bonchev–Trinajstić information content (AvgIpc) is 3.48. The Balaban J connectivity index is 2.20. The van der Waals surface area contributed by atoms with Crippen molar-refractivity contribution in [3.8, 4) is 0 Å². The minimum atomic E-state index is -1.41. The molecule has 2 rings (SSSR count). The smallest absolute Gasteiger partial charge is 0.303 e. The second-order valence-electron chi connectivity index (χ2n) is 10.9. The summed E-state index contributed by atoms with van der Waals surface area (Å²) in [6, 6.07) is 2.27. The van der Waals surface area contributed by atoms with Crippen molar-refractivity contribution >= 4 is 81.5 Å². The number of amides is 4. The van der Waals surface area contributed by atoms with E-state index in [2.05, 4.69) is 49.5 Å². The lowest BCUT2D eigenvalue weighted by Gasteiger charge is -2.25. The molecule has 268 valence electrons. The summed E-state index contributed by atoms with van der Waals surface area (Å²) in [6.07, 6.45) is 0.0471. The Bertz CT molecular complexity index is 1490. The molecule has 2 aromatic rings. The Morgan fingerprint density at radius 1 is 0.816 bits per heavy atom. The number of hydrogen-bond acceptors (Lipinski definition) is 11. The van der Waals surface area contributed by atoms with Crippen molar-refractivity contribution in [2.45, 2.75) is 69.6 Å². The summed E-state index contributed by atoms with van der Waals surface area (Å²) in [5.74, 6) is -5.39. The van der Waals surface area contributed by atoms with Gasteiger partial charge in [0.2, 0.25) is 29.4 Å². The molecule has 0 saturated heterocycles. The van der Waals surface area contributed by atoms with Gasteiger partial charge in [-0.2, -0.15) is 12.6 Å². The van der Waals surface area contributed by atoms with Crippen LogP contribution in [0.4, 0.5) is 0 Å². The summed E-state index contributed by atoms with van der Waals surface area (Å²) >= 11 is 5.35. The van der Waals surface area contributed by atoms with Crippen LogP contribution in [0.5, 0.6) is 0 Å². The first kappa shape index (κ1) is 40.2. The van der Waals surface area contributed by atoms with Gasteiger partial charge in [-0.1, -0.05) is 12.1 Å². The largest absolute Gasteiger partial charge is 0.481 e. The van der Waals surface area contributed by atoms with Gasteiger partial charge in [0.1, 0.15) is 18.1 Å². The Morgan fingerprint density at radius 3 is 1.86 bits per heavy atom. The quantitative estimate of drug-likeness (QED) is 0.0237. The molecule has 0 aliphatic rings. The Hall–Kier alpha value is -4.98. The molecule has 0 spiro atoms. The van der Waals surface area contributed by atoms with E-state index >= 15 is 0 Å². The van der Waals surface area contributed by atoms with Crippen molar-refractivity contribution in [3.05, 3.63) is 29.3 Å². The number of guanidine groups is 2. The van der Waals surface area contributed by atoms with Crippen molar-refractivity contribution in [2.75, 3.05) is 18.8 Å². The zero-order chi connectivity index (χ0) is 36.5. The summed E-state index contributed by atoms with van der Waals surface area (Å²) in [5.41, 5.74) is 11.2. The molecule has 1 heterocycles. The fraction of sp³-hybridized carbons (Fsp3) is 0.483. The number of para-hydroxylation sites is 1. The van der Waals surface area contributed by atoms with Gasteiger partial charge in [-0.15, -0.1) is 11.3 Å². The number of carboxylic acid groups (broad SMARTS) is 1. The second-order valence-corrected chi connectivity index (χ2v) is 12.3. The number of Topliss-reactive ketones (excluding diaryl/α,β-unsaturated/α-hetero) is 1. The third-order valence-electron chi connectivity index (χ3n) is 6.90. The first-order valence-electron chi connectivity index (χ1n) is 15.3. The number of hydrogen-bond donors (Lipinski definition) is 12. The SMILES string of the molecule is CC(=O)N[C@@H](CCCNC(=N)N)C(=O)N[C@@H](CCC(=O)O)C(=O)N[C@@H](CS)C(=O)N[C@@H](CCCNC(=N)N)C(=O)c1nc2ccccc2s1. The fourth-order valence-electron chi connectivity index (χ4n) is 4.52. The topological polar surface area (TPSA) is 307 Å². The highest BCUT2D eigenvalue weighted by atomic mass is 32.1. The van der Waals surface area contributed by atoms with E-state index in [1.807, 2.05) is 12.1 Å². The van der Waals surface area contributed by atoms with E-state index in [1.165, 1.54) is 6.92 Å². The molecular formula is C29H43N11O7S2. The van der Waals surface area contributed by atoms with Crippen LogP contribution in [-0.2, 0) is 24.0 Å². The Kier molecular flexibility index (Phi) is 16.7. The maximum atomic E-state index is 13.5. The number of thiazole rings is 1. The number of carboxylic acids is 1. The number of carbonyl (C=O) groups is 6. The third kappa shape index (κ3) is 14.4. The second kappa shape index (κ2) is 20.4. The number of rotatable bonds is 21. The van der Waals surface area contributed by atoms with Crippen molar-refractivity contribution in [1.82, 2.24) is 36.9 Å².